The molecule has 0 unspecified atom stereocenters. The summed E-state index contributed by atoms with van der Waals surface area (Å²) in [5.74, 6) is 0.0459. The second-order valence-electron chi connectivity index (χ2n) is 3.30. The molecule has 0 aliphatic heterocycles. The Kier molecular flexibility index (Phi) is 5.32. The summed E-state index contributed by atoms with van der Waals surface area (Å²) in [6.07, 6.45) is 0. The largest absolute Gasteiger partial charge is 0.487 e. The molecule has 0 aliphatic carbocycles. The summed E-state index contributed by atoms with van der Waals surface area (Å²) in [4.78, 5) is 13.2. The van der Waals surface area contributed by atoms with Crippen LogP contribution in [0.25, 0.3) is 0 Å². The van der Waals surface area contributed by atoms with E-state index in [0.717, 1.165) is 9.94 Å². The van der Waals surface area contributed by atoms with Crippen LogP contribution in [0.15, 0.2) is 41.8 Å². The highest BCUT2D eigenvalue weighted by molar-refractivity contribution is 7.17. The number of hydrogen-bond donors (Lipinski definition) is 0. The van der Waals surface area contributed by atoms with Gasteiger partial charge in [-0.05, 0) is 35.7 Å². The van der Waals surface area contributed by atoms with Crippen molar-refractivity contribution in [3.8, 4) is 5.06 Å². The van der Waals surface area contributed by atoms with Gasteiger partial charge < -0.3 is 4.74 Å². The lowest BCUT2D eigenvalue weighted by molar-refractivity contribution is 0.104. The van der Waals surface area contributed by atoms with Crippen LogP contribution in [0.3, 0.4) is 0 Å². The van der Waals surface area contributed by atoms with E-state index in [2.05, 4.69) is 10.8 Å². The number of carbonyl (C=O) groups excluding carboxylic acids is 1. The van der Waals surface area contributed by atoms with E-state index in [9.17, 15) is 4.79 Å². The normalized spacial score (nSPS) is 9.53. The molecule has 0 N–H and O–H groups in total. The van der Waals surface area contributed by atoms with Crippen LogP contribution in [0, 0.1) is 10.8 Å². The van der Waals surface area contributed by atoms with Gasteiger partial charge in [-0.2, -0.15) is 0 Å². The fraction of sp³-hybridized carbons (Fsp3) is 0.0714. The Balaban J connectivity index is 0.000000224. The molecule has 0 saturated heterocycles. The van der Waals surface area contributed by atoms with Crippen molar-refractivity contribution in [1.82, 2.24) is 0 Å². The number of carbonyl (C=O) groups is 1. The quantitative estimate of drug-likeness (QED) is 0.671. The molecule has 0 spiro atoms. The molecular weight excluding hydrogens is 296 g/mol. The predicted octanol–water partition coefficient (Wildman–Crippen LogP) is 4.40. The van der Waals surface area contributed by atoms with E-state index in [1.54, 1.807) is 42.7 Å². The van der Waals surface area contributed by atoms with Crippen molar-refractivity contribution >= 4 is 39.8 Å². The minimum atomic E-state index is 0.0459. The zero-order chi connectivity index (χ0) is 13.5. The van der Waals surface area contributed by atoms with E-state index in [0.29, 0.717) is 4.88 Å². The highest BCUT2D eigenvalue weighted by atomic mass is 32.1. The SMILES string of the molecule is COc1ccc(C(=O)c2cc[c]s2)s1.[c]1cccs1. The molecule has 0 bridgehead atoms. The number of ketones is 1. The number of hydrogen-bond acceptors (Lipinski definition) is 5. The first-order valence-corrected chi connectivity index (χ1v) is 7.86. The Labute approximate surface area is 123 Å². The molecule has 3 aromatic rings. The summed E-state index contributed by atoms with van der Waals surface area (Å²) in [5.41, 5.74) is 0. The predicted molar refractivity (Wildman–Crippen MR) is 80.6 cm³/mol. The van der Waals surface area contributed by atoms with Gasteiger partial charge >= 0.3 is 0 Å². The van der Waals surface area contributed by atoms with E-state index in [1.807, 2.05) is 17.5 Å². The molecule has 0 fully saturated rings. The molecule has 0 amide bonds. The monoisotopic (exact) mass is 306 g/mol. The Morgan fingerprint density at radius 3 is 2.53 bits per heavy atom. The second kappa shape index (κ2) is 7.23. The Morgan fingerprint density at radius 2 is 2.05 bits per heavy atom. The topological polar surface area (TPSA) is 26.3 Å². The highest BCUT2D eigenvalue weighted by Gasteiger charge is 2.12. The van der Waals surface area contributed by atoms with Gasteiger partial charge in [-0.1, -0.05) is 17.4 Å². The first-order chi connectivity index (χ1) is 9.31. The van der Waals surface area contributed by atoms with Gasteiger partial charge in [0, 0.05) is 10.8 Å². The first-order valence-electron chi connectivity index (χ1n) is 5.35. The lowest BCUT2D eigenvalue weighted by Crippen LogP contribution is -1.93. The van der Waals surface area contributed by atoms with Crippen molar-refractivity contribution in [3.05, 3.63) is 62.3 Å². The summed E-state index contributed by atoms with van der Waals surface area (Å²) >= 11 is 4.28. The fourth-order valence-corrected chi connectivity index (χ4v) is 3.07. The van der Waals surface area contributed by atoms with Gasteiger partial charge in [0.05, 0.1) is 16.9 Å². The number of ether oxygens (including phenoxy) is 1. The molecule has 2 radical (unpaired) electrons. The molecule has 0 saturated carbocycles. The molecule has 96 valence electrons. The maximum Gasteiger partial charge on any atom is 0.213 e. The van der Waals surface area contributed by atoms with Crippen LogP contribution >= 0.6 is 34.0 Å². The third kappa shape index (κ3) is 4.02. The summed E-state index contributed by atoms with van der Waals surface area (Å²) < 4.78 is 5.02. The van der Waals surface area contributed by atoms with Crippen molar-refractivity contribution in [2.75, 3.05) is 7.11 Å². The third-order valence-electron chi connectivity index (χ3n) is 2.08. The molecule has 5 heteroatoms. The minimum Gasteiger partial charge on any atom is -0.487 e. The molecule has 2 nitrogen and oxygen atoms in total. The number of methoxy groups -OCH3 is 1. The van der Waals surface area contributed by atoms with Crippen LogP contribution < -0.4 is 4.74 Å². The smallest absolute Gasteiger partial charge is 0.213 e. The standard InChI is InChI=1S/C10H7O2S2.C4H3S/c1-12-9-5-4-8(14-9)10(11)7-3-2-6-13-7;1-2-4-5-3-1/h2-5H,1H3;1-3H. The van der Waals surface area contributed by atoms with Gasteiger partial charge in [0.15, 0.2) is 5.06 Å². The van der Waals surface area contributed by atoms with Gasteiger partial charge in [-0.15, -0.1) is 22.7 Å². The summed E-state index contributed by atoms with van der Waals surface area (Å²) in [5, 5.41) is 8.54. The van der Waals surface area contributed by atoms with Crippen molar-refractivity contribution in [3.63, 3.8) is 0 Å². The Bertz CT molecular complexity index is 577. The van der Waals surface area contributed by atoms with E-state index in [-0.39, 0.29) is 5.78 Å². The summed E-state index contributed by atoms with van der Waals surface area (Å²) in [7, 11) is 1.60. The van der Waals surface area contributed by atoms with Crippen molar-refractivity contribution in [1.29, 1.82) is 0 Å². The van der Waals surface area contributed by atoms with Crippen LogP contribution in [0.5, 0.6) is 5.06 Å². The average molecular weight is 306 g/mol. The fourth-order valence-electron chi connectivity index (χ4n) is 1.23. The van der Waals surface area contributed by atoms with E-state index < -0.39 is 0 Å². The lowest BCUT2D eigenvalue weighted by atomic mass is 10.3. The molecule has 19 heavy (non-hydrogen) atoms. The van der Waals surface area contributed by atoms with Gasteiger partial charge in [-0.25, -0.2) is 0 Å². The highest BCUT2D eigenvalue weighted by Crippen LogP contribution is 2.26. The molecule has 3 rings (SSSR count). The van der Waals surface area contributed by atoms with Crippen molar-refractivity contribution < 1.29 is 9.53 Å². The summed E-state index contributed by atoms with van der Waals surface area (Å²) in [6.45, 7) is 0. The minimum absolute atomic E-state index is 0.0459. The molecule has 0 atom stereocenters. The maximum absolute atomic E-state index is 11.8. The number of thiophene rings is 3. The zero-order valence-corrected chi connectivity index (χ0v) is 12.5. The van der Waals surface area contributed by atoms with Crippen molar-refractivity contribution in [2.45, 2.75) is 0 Å². The Morgan fingerprint density at radius 1 is 1.16 bits per heavy atom. The van der Waals surface area contributed by atoms with E-state index in [1.165, 1.54) is 22.7 Å². The zero-order valence-electron chi connectivity index (χ0n) is 10.1. The number of rotatable bonds is 3. The van der Waals surface area contributed by atoms with Crippen LogP contribution in [0.2, 0.25) is 0 Å². The van der Waals surface area contributed by atoms with Gasteiger partial charge in [0.2, 0.25) is 5.78 Å². The average Bonchev–Trinajstić information content (AvgIpc) is 3.20. The molecular formula is C14H10O2S3. The molecule has 3 aromatic heterocycles. The third-order valence-corrected chi connectivity index (χ3v) is 4.49. The second-order valence-corrected chi connectivity index (χ2v) is 5.97. The van der Waals surface area contributed by atoms with Crippen LogP contribution in [-0.4, -0.2) is 12.9 Å². The van der Waals surface area contributed by atoms with E-state index in [4.69, 9.17) is 4.74 Å². The van der Waals surface area contributed by atoms with Crippen LogP contribution in [0.4, 0.5) is 0 Å². The van der Waals surface area contributed by atoms with Gasteiger partial charge in [0.1, 0.15) is 0 Å². The Hall–Kier alpha value is -1.43. The molecule has 0 aromatic carbocycles. The molecule has 0 aliphatic rings. The van der Waals surface area contributed by atoms with Gasteiger partial charge in [0.25, 0.3) is 0 Å². The van der Waals surface area contributed by atoms with Crippen LogP contribution in [0.1, 0.15) is 14.5 Å². The summed E-state index contributed by atoms with van der Waals surface area (Å²) in [6, 6.07) is 11.0. The first kappa shape index (κ1) is 14.0. The van der Waals surface area contributed by atoms with Crippen LogP contribution in [-0.2, 0) is 0 Å². The maximum atomic E-state index is 11.8. The van der Waals surface area contributed by atoms with Crippen molar-refractivity contribution in [2.24, 2.45) is 0 Å². The molecule has 3 heterocycles. The van der Waals surface area contributed by atoms with Gasteiger partial charge in [-0.3, -0.25) is 4.79 Å². The lowest BCUT2D eigenvalue weighted by Gasteiger charge is -1.92. The van der Waals surface area contributed by atoms with E-state index >= 15 is 0 Å².